The fourth-order valence-electron chi connectivity index (χ4n) is 2.38. The van der Waals surface area contributed by atoms with Crippen LogP contribution in [-0.4, -0.2) is 53.5 Å². The van der Waals surface area contributed by atoms with Crippen LogP contribution in [0.25, 0.3) is 11.0 Å². The van der Waals surface area contributed by atoms with Gasteiger partial charge in [0.2, 0.25) is 5.91 Å². The average Bonchev–Trinajstić information content (AvgIpc) is 2.62. The monoisotopic (exact) mass is 376 g/mol. The van der Waals surface area contributed by atoms with Crippen LogP contribution in [0.5, 0.6) is 5.75 Å². The van der Waals surface area contributed by atoms with Crippen molar-refractivity contribution in [3.63, 3.8) is 0 Å². The van der Waals surface area contributed by atoms with Crippen LogP contribution in [0.1, 0.15) is 13.8 Å². The van der Waals surface area contributed by atoms with Crippen LogP contribution in [0.2, 0.25) is 0 Å². The van der Waals surface area contributed by atoms with Crippen LogP contribution in [0.15, 0.2) is 39.5 Å². The molecule has 0 aliphatic rings. The fourth-order valence-corrected chi connectivity index (χ4v) is 2.38. The van der Waals surface area contributed by atoms with Gasteiger partial charge in [-0.3, -0.25) is 9.59 Å². The van der Waals surface area contributed by atoms with E-state index in [9.17, 15) is 24.3 Å². The quantitative estimate of drug-likeness (QED) is 0.646. The van der Waals surface area contributed by atoms with Gasteiger partial charge in [-0.25, -0.2) is 9.59 Å². The van der Waals surface area contributed by atoms with Gasteiger partial charge in [-0.15, -0.1) is 0 Å². The van der Waals surface area contributed by atoms with E-state index in [1.165, 1.54) is 26.0 Å². The number of carbonyl (C=O) groups excluding carboxylic acids is 2. The molecule has 0 aliphatic heterocycles. The van der Waals surface area contributed by atoms with Crippen LogP contribution in [0.3, 0.4) is 0 Å². The molecule has 1 heterocycles. The van der Waals surface area contributed by atoms with Crippen LogP contribution in [0.4, 0.5) is 0 Å². The van der Waals surface area contributed by atoms with Crippen molar-refractivity contribution < 1.29 is 28.6 Å². The van der Waals surface area contributed by atoms with Crippen molar-refractivity contribution in [3.8, 4) is 5.75 Å². The minimum atomic E-state index is -1.17. The molecular formula is C18H20N2O7. The standard InChI is InChI=1S/C18H20N2O7/c1-11(18(24)25)20(8-7-19-12(2)21)16(22)10-26-14-5-3-13-4-6-17(23)27-15(13)9-14/h3-6,9,11H,7-8,10H2,1-2H3,(H,19,21)(H,24,25). The molecule has 2 rings (SSSR count). The maximum atomic E-state index is 12.4. The topological polar surface area (TPSA) is 126 Å². The van der Waals surface area contributed by atoms with E-state index >= 15 is 0 Å². The number of aliphatic carboxylic acids is 1. The van der Waals surface area contributed by atoms with Gasteiger partial charge in [0.05, 0.1) is 0 Å². The summed E-state index contributed by atoms with van der Waals surface area (Å²) in [6, 6.07) is 6.59. The first-order chi connectivity index (χ1) is 12.8. The molecule has 9 nitrogen and oxygen atoms in total. The summed E-state index contributed by atoms with van der Waals surface area (Å²) in [7, 11) is 0. The van der Waals surface area contributed by atoms with Crippen molar-refractivity contribution in [3.05, 3.63) is 40.8 Å². The van der Waals surface area contributed by atoms with E-state index in [1.54, 1.807) is 18.2 Å². The molecule has 0 bridgehead atoms. The number of carboxylic acids is 1. The number of carbonyl (C=O) groups is 3. The van der Waals surface area contributed by atoms with Crippen LogP contribution in [0, 0.1) is 0 Å². The van der Waals surface area contributed by atoms with Crippen molar-refractivity contribution in [2.75, 3.05) is 19.7 Å². The van der Waals surface area contributed by atoms with E-state index in [2.05, 4.69) is 5.32 Å². The predicted molar refractivity (Wildman–Crippen MR) is 95.5 cm³/mol. The van der Waals surface area contributed by atoms with Crippen molar-refractivity contribution in [2.24, 2.45) is 0 Å². The number of nitrogens with zero attached hydrogens (tertiary/aromatic N) is 1. The molecule has 2 N–H and O–H groups in total. The molecule has 1 atom stereocenters. The number of ether oxygens (including phenoxy) is 1. The zero-order chi connectivity index (χ0) is 20.0. The fraction of sp³-hybridized carbons (Fsp3) is 0.333. The van der Waals surface area contributed by atoms with Gasteiger partial charge in [-0.1, -0.05) is 0 Å². The number of hydrogen-bond acceptors (Lipinski definition) is 6. The van der Waals surface area contributed by atoms with E-state index in [1.807, 2.05) is 0 Å². The number of rotatable bonds is 8. The third-order valence-electron chi connectivity index (χ3n) is 3.83. The second kappa shape index (κ2) is 8.84. The first-order valence-electron chi connectivity index (χ1n) is 8.21. The average molecular weight is 376 g/mol. The highest BCUT2D eigenvalue weighted by Gasteiger charge is 2.25. The number of benzene rings is 1. The van der Waals surface area contributed by atoms with Gasteiger partial charge < -0.3 is 24.5 Å². The summed E-state index contributed by atoms with van der Waals surface area (Å²) in [6.45, 7) is 2.45. The highest BCUT2D eigenvalue weighted by atomic mass is 16.5. The van der Waals surface area contributed by atoms with Gasteiger partial charge in [0, 0.05) is 37.5 Å². The zero-order valence-corrected chi connectivity index (χ0v) is 14.9. The molecule has 9 heteroatoms. The molecule has 144 valence electrons. The predicted octanol–water partition coefficient (Wildman–Crippen LogP) is 0.610. The number of nitrogens with one attached hydrogen (secondary N) is 1. The summed E-state index contributed by atoms with van der Waals surface area (Å²) >= 11 is 0. The maximum absolute atomic E-state index is 12.4. The lowest BCUT2D eigenvalue weighted by atomic mass is 10.2. The first kappa shape index (κ1) is 20.0. The van der Waals surface area contributed by atoms with E-state index in [-0.39, 0.29) is 19.0 Å². The molecule has 2 aromatic rings. The first-order valence-corrected chi connectivity index (χ1v) is 8.21. The lowest BCUT2D eigenvalue weighted by molar-refractivity contribution is -0.150. The van der Waals surface area contributed by atoms with E-state index < -0.39 is 30.2 Å². The van der Waals surface area contributed by atoms with Crippen LogP contribution >= 0.6 is 0 Å². The summed E-state index contributed by atoms with van der Waals surface area (Å²) in [5.41, 5.74) is -0.191. The Kier molecular flexibility index (Phi) is 6.53. The Balaban J connectivity index is 2.06. The molecular weight excluding hydrogens is 356 g/mol. The Morgan fingerprint density at radius 2 is 1.96 bits per heavy atom. The zero-order valence-electron chi connectivity index (χ0n) is 14.9. The SMILES string of the molecule is CC(=O)NCCN(C(=O)COc1ccc2ccc(=O)oc2c1)C(C)C(=O)O. The van der Waals surface area contributed by atoms with Gasteiger partial charge in [-0.2, -0.15) is 0 Å². The third kappa shape index (κ3) is 5.56. The summed E-state index contributed by atoms with van der Waals surface area (Å²) < 4.78 is 10.5. The number of hydrogen-bond donors (Lipinski definition) is 2. The van der Waals surface area contributed by atoms with E-state index in [0.29, 0.717) is 16.7 Å². The molecule has 1 aromatic carbocycles. The highest BCUT2D eigenvalue weighted by molar-refractivity contribution is 5.84. The molecule has 1 aromatic heterocycles. The van der Waals surface area contributed by atoms with E-state index in [4.69, 9.17) is 9.15 Å². The second-order valence-corrected chi connectivity index (χ2v) is 5.83. The van der Waals surface area contributed by atoms with Crippen molar-refractivity contribution >= 4 is 28.8 Å². The number of amides is 2. The van der Waals surface area contributed by atoms with E-state index in [0.717, 1.165) is 4.90 Å². The molecule has 1 unspecified atom stereocenters. The Hall–Kier alpha value is -3.36. The third-order valence-corrected chi connectivity index (χ3v) is 3.83. The van der Waals surface area contributed by atoms with Crippen molar-refractivity contribution in [2.45, 2.75) is 19.9 Å². The lowest BCUT2D eigenvalue weighted by Crippen LogP contribution is -2.48. The van der Waals surface area contributed by atoms with Gasteiger partial charge in [0.25, 0.3) is 5.91 Å². The molecule has 0 saturated carbocycles. The summed E-state index contributed by atoms with van der Waals surface area (Å²) in [4.78, 5) is 47.0. The summed E-state index contributed by atoms with van der Waals surface area (Å²) in [5, 5.41) is 12.4. The van der Waals surface area contributed by atoms with Gasteiger partial charge in [0.15, 0.2) is 6.61 Å². The van der Waals surface area contributed by atoms with Gasteiger partial charge in [-0.05, 0) is 25.1 Å². The van der Waals surface area contributed by atoms with Gasteiger partial charge in [0.1, 0.15) is 17.4 Å². The molecule has 0 fully saturated rings. The summed E-state index contributed by atoms with van der Waals surface area (Å²) in [5.74, 6) is -1.70. The maximum Gasteiger partial charge on any atom is 0.336 e. The van der Waals surface area contributed by atoms with Crippen LogP contribution in [-0.2, 0) is 14.4 Å². The smallest absolute Gasteiger partial charge is 0.336 e. The molecule has 0 radical (unpaired) electrons. The second-order valence-electron chi connectivity index (χ2n) is 5.83. The molecule has 2 amide bonds. The highest BCUT2D eigenvalue weighted by Crippen LogP contribution is 2.19. The minimum Gasteiger partial charge on any atom is -0.484 e. The Bertz CT molecular complexity index is 906. The molecule has 0 aliphatic carbocycles. The molecule has 0 spiro atoms. The number of carboxylic acid groups (broad SMARTS) is 1. The number of fused-ring (bicyclic) bond motifs is 1. The lowest BCUT2D eigenvalue weighted by Gasteiger charge is -2.26. The largest absolute Gasteiger partial charge is 0.484 e. The minimum absolute atomic E-state index is 0.0296. The molecule has 0 saturated heterocycles. The van der Waals surface area contributed by atoms with Gasteiger partial charge >= 0.3 is 11.6 Å². The Labute approximate surface area is 154 Å². The van der Waals surface area contributed by atoms with Crippen LogP contribution < -0.4 is 15.7 Å². The Morgan fingerprint density at radius 3 is 2.63 bits per heavy atom. The molecule has 27 heavy (non-hydrogen) atoms. The summed E-state index contributed by atoms with van der Waals surface area (Å²) in [6.07, 6.45) is 0. The van der Waals surface area contributed by atoms with Crippen molar-refractivity contribution in [1.82, 2.24) is 10.2 Å². The normalized spacial score (nSPS) is 11.6. The Morgan fingerprint density at radius 1 is 1.26 bits per heavy atom. The van der Waals surface area contributed by atoms with Crippen molar-refractivity contribution in [1.29, 1.82) is 0 Å².